The molecule has 0 aliphatic heterocycles. The topological polar surface area (TPSA) is 55.1 Å². The molecule has 0 aliphatic rings. The first-order chi connectivity index (χ1) is 8.16. The molecule has 88 valence electrons. The molecule has 1 aromatic heterocycles. The van der Waals surface area contributed by atoms with Crippen LogP contribution in [0.1, 0.15) is 18.4 Å². The maximum Gasteiger partial charge on any atom is 0.226 e. The molecule has 2 aromatic rings. The SMILES string of the molecule is CC(=O)NCc1nc(-c2ccccc2)oc1C. The number of nitrogens with one attached hydrogen (secondary N) is 1. The van der Waals surface area contributed by atoms with Crippen LogP contribution in [0.3, 0.4) is 0 Å². The van der Waals surface area contributed by atoms with Crippen LogP contribution in [0.25, 0.3) is 11.5 Å². The van der Waals surface area contributed by atoms with Gasteiger partial charge in [-0.15, -0.1) is 0 Å². The van der Waals surface area contributed by atoms with E-state index < -0.39 is 0 Å². The van der Waals surface area contributed by atoms with Crippen molar-refractivity contribution >= 4 is 5.91 Å². The van der Waals surface area contributed by atoms with E-state index >= 15 is 0 Å². The molecular weight excluding hydrogens is 216 g/mol. The summed E-state index contributed by atoms with van der Waals surface area (Å²) in [6, 6.07) is 9.68. The molecule has 17 heavy (non-hydrogen) atoms. The van der Waals surface area contributed by atoms with Crippen molar-refractivity contribution in [3.8, 4) is 11.5 Å². The first-order valence-corrected chi connectivity index (χ1v) is 5.43. The van der Waals surface area contributed by atoms with E-state index in [-0.39, 0.29) is 5.91 Å². The van der Waals surface area contributed by atoms with Crippen molar-refractivity contribution in [2.75, 3.05) is 0 Å². The Labute approximate surface area is 99.7 Å². The summed E-state index contributed by atoms with van der Waals surface area (Å²) < 4.78 is 5.57. The molecule has 1 heterocycles. The number of hydrogen-bond acceptors (Lipinski definition) is 3. The number of nitrogens with zero attached hydrogens (tertiary/aromatic N) is 1. The second-order valence-electron chi connectivity index (χ2n) is 3.80. The molecule has 1 amide bonds. The second-order valence-corrected chi connectivity index (χ2v) is 3.80. The largest absolute Gasteiger partial charge is 0.441 e. The first-order valence-electron chi connectivity index (χ1n) is 5.43. The van der Waals surface area contributed by atoms with Crippen LogP contribution in [0.5, 0.6) is 0 Å². The van der Waals surface area contributed by atoms with E-state index in [1.54, 1.807) is 0 Å². The standard InChI is InChI=1S/C13H14N2O2/c1-9-12(8-14-10(2)16)15-13(17-9)11-6-4-3-5-7-11/h3-7H,8H2,1-2H3,(H,14,16). The van der Waals surface area contributed by atoms with Crippen LogP contribution in [0.2, 0.25) is 0 Å². The Balaban J connectivity index is 2.22. The van der Waals surface area contributed by atoms with E-state index in [0.717, 1.165) is 17.0 Å². The monoisotopic (exact) mass is 230 g/mol. The molecule has 0 aliphatic carbocycles. The molecule has 0 saturated carbocycles. The highest BCUT2D eigenvalue weighted by Crippen LogP contribution is 2.21. The van der Waals surface area contributed by atoms with Gasteiger partial charge in [-0.05, 0) is 19.1 Å². The van der Waals surface area contributed by atoms with E-state index in [4.69, 9.17) is 4.42 Å². The molecule has 1 N–H and O–H groups in total. The Morgan fingerprint density at radius 2 is 2.06 bits per heavy atom. The van der Waals surface area contributed by atoms with Crippen LogP contribution in [0, 0.1) is 6.92 Å². The number of carbonyl (C=O) groups is 1. The molecule has 0 radical (unpaired) electrons. The number of aromatic nitrogens is 1. The fraction of sp³-hybridized carbons (Fsp3) is 0.231. The van der Waals surface area contributed by atoms with Gasteiger partial charge in [0.25, 0.3) is 0 Å². The third-order valence-corrected chi connectivity index (χ3v) is 2.42. The highest BCUT2D eigenvalue weighted by molar-refractivity contribution is 5.72. The number of benzene rings is 1. The normalized spacial score (nSPS) is 10.2. The number of hydrogen-bond donors (Lipinski definition) is 1. The number of carbonyl (C=O) groups excluding carboxylic acids is 1. The lowest BCUT2D eigenvalue weighted by Gasteiger charge is -1.97. The van der Waals surface area contributed by atoms with Crippen molar-refractivity contribution in [1.82, 2.24) is 10.3 Å². The second kappa shape index (κ2) is 4.82. The number of rotatable bonds is 3. The number of oxazole rings is 1. The third-order valence-electron chi connectivity index (χ3n) is 2.42. The summed E-state index contributed by atoms with van der Waals surface area (Å²) in [5.41, 5.74) is 1.70. The van der Waals surface area contributed by atoms with Crippen LogP contribution in [0.15, 0.2) is 34.7 Å². The molecule has 0 spiro atoms. The van der Waals surface area contributed by atoms with Gasteiger partial charge >= 0.3 is 0 Å². The summed E-state index contributed by atoms with van der Waals surface area (Å²) in [5.74, 6) is 1.25. The van der Waals surface area contributed by atoms with Gasteiger partial charge in [-0.2, -0.15) is 0 Å². The molecule has 4 heteroatoms. The van der Waals surface area contributed by atoms with Crippen molar-refractivity contribution in [3.63, 3.8) is 0 Å². The van der Waals surface area contributed by atoms with E-state index in [2.05, 4.69) is 10.3 Å². The molecule has 0 atom stereocenters. The van der Waals surface area contributed by atoms with Crippen molar-refractivity contribution in [3.05, 3.63) is 41.8 Å². The molecule has 0 fully saturated rings. The zero-order valence-electron chi connectivity index (χ0n) is 9.86. The Bertz CT molecular complexity index is 517. The minimum Gasteiger partial charge on any atom is -0.441 e. The zero-order chi connectivity index (χ0) is 12.3. The van der Waals surface area contributed by atoms with E-state index in [1.165, 1.54) is 6.92 Å². The molecule has 0 bridgehead atoms. The van der Waals surface area contributed by atoms with Crippen LogP contribution in [0.4, 0.5) is 0 Å². The van der Waals surface area contributed by atoms with Crippen molar-refractivity contribution in [2.45, 2.75) is 20.4 Å². The summed E-state index contributed by atoms with van der Waals surface area (Å²) in [6.45, 7) is 3.72. The summed E-state index contributed by atoms with van der Waals surface area (Å²) in [6.07, 6.45) is 0. The van der Waals surface area contributed by atoms with Crippen LogP contribution in [-0.4, -0.2) is 10.9 Å². The Morgan fingerprint density at radius 3 is 2.71 bits per heavy atom. The predicted molar refractivity (Wildman–Crippen MR) is 64.2 cm³/mol. The van der Waals surface area contributed by atoms with Crippen molar-refractivity contribution in [2.24, 2.45) is 0 Å². The molecular formula is C13H14N2O2. The maximum absolute atomic E-state index is 10.8. The van der Waals surface area contributed by atoms with E-state index in [1.807, 2.05) is 37.3 Å². The third kappa shape index (κ3) is 2.72. The summed E-state index contributed by atoms with van der Waals surface area (Å²) in [7, 11) is 0. The minimum absolute atomic E-state index is 0.0753. The maximum atomic E-state index is 10.8. The molecule has 2 rings (SSSR count). The zero-order valence-corrected chi connectivity index (χ0v) is 9.86. The van der Waals surface area contributed by atoms with E-state index in [9.17, 15) is 4.79 Å². The highest BCUT2D eigenvalue weighted by atomic mass is 16.4. The Kier molecular flexibility index (Phi) is 3.23. The summed E-state index contributed by atoms with van der Waals surface area (Å²) >= 11 is 0. The van der Waals surface area contributed by atoms with Gasteiger partial charge in [0.15, 0.2) is 0 Å². The van der Waals surface area contributed by atoms with Gasteiger partial charge in [-0.3, -0.25) is 4.79 Å². The Morgan fingerprint density at radius 1 is 1.35 bits per heavy atom. The fourth-order valence-corrected chi connectivity index (χ4v) is 1.50. The average Bonchev–Trinajstić information content (AvgIpc) is 2.69. The van der Waals surface area contributed by atoms with Gasteiger partial charge in [-0.1, -0.05) is 18.2 Å². The average molecular weight is 230 g/mol. The summed E-state index contributed by atoms with van der Waals surface area (Å²) in [5, 5.41) is 2.71. The summed E-state index contributed by atoms with van der Waals surface area (Å²) in [4.78, 5) is 15.2. The van der Waals surface area contributed by atoms with Gasteiger partial charge in [-0.25, -0.2) is 4.98 Å². The van der Waals surface area contributed by atoms with Gasteiger partial charge in [0, 0.05) is 12.5 Å². The lowest BCUT2D eigenvalue weighted by Crippen LogP contribution is -2.19. The first kappa shape index (κ1) is 11.4. The fourth-order valence-electron chi connectivity index (χ4n) is 1.50. The minimum atomic E-state index is -0.0753. The lowest BCUT2D eigenvalue weighted by atomic mass is 10.2. The molecule has 0 unspecified atom stereocenters. The van der Waals surface area contributed by atoms with Crippen molar-refractivity contribution < 1.29 is 9.21 Å². The lowest BCUT2D eigenvalue weighted by molar-refractivity contribution is -0.119. The number of aryl methyl sites for hydroxylation is 1. The molecule has 0 saturated heterocycles. The van der Waals surface area contributed by atoms with Crippen LogP contribution >= 0.6 is 0 Å². The predicted octanol–water partition coefficient (Wildman–Crippen LogP) is 2.29. The van der Waals surface area contributed by atoms with Crippen LogP contribution < -0.4 is 5.32 Å². The van der Waals surface area contributed by atoms with Gasteiger partial charge < -0.3 is 9.73 Å². The van der Waals surface area contributed by atoms with Crippen molar-refractivity contribution in [1.29, 1.82) is 0 Å². The quantitative estimate of drug-likeness (QED) is 0.880. The highest BCUT2D eigenvalue weighted by Gasteiger charge is 2.10. The van der Waals surface area contributed by atoms with E-state index in [0.29, 0.717) is 12.4 Å². The molecule has 1 aromatic carbocycles. The molecule has 4 nitrogen and oxygen atoms in total. The van der Waals surface area contributed by atoms with Gasteiger partial charge in [0.2, 0.25) is 11.8 Å². The number of amides is 1. The van der Waals surface area contributed by atoms with Gasteiger partial charge in [0.1, 0.15) is 11.5 Å². The smallest absolute Gasteiger partial charge is 0.226 e. The van der Waals surface area contributed by atoms with Crippen LogP contribution in [-0.2, 0) is 11.3 Å². The van der Waals surface area contributed by atoms with Gasteiger partial charge in [0.05, 0.1) is 6.54 Å². The Hall–Kier alpha value is -2.10.